The van der Waals surface area contributed by atoms with Crippen molar-refractivity contribution < 1.29 is 18.7 Å². The zero-order chi connectivity index (χ0) is 13.7. The van der Waals surface area contributed by atoms with Gasteiger partial charge in [0.25, 0.3) is 5.91 Å². The summed E-state index contributed by atoms with van der Waals surface area (Å²) in [6, 6.07) is 2.24. The zero-order valence-electron chi connectivity index (χ0n) is 10.4. The van der Waals surface area contributed by atoms with E-state index in [9.17, 15) is 13.6 Å². The summed E-state index contributed by atoms with van der Waals surface area (Å²) >= 11 is 0. The number of halogens is 2. The molecule has 18 heavy (non-hydrogen) atoms. The van der Waals surface area contributed by atoms with Crippen LogP contribution >= 0.6 is 0 Å². The van der Waals surface area contributed by atoms with Crippen molar-refractivity contribution in [2.24, 2.45) is 5.92 Å². The molecule has 1 unspecified atom stereocenters. The lowest BCUT2D eigenvalue weighted by Gasteiger charge is -2.18. The van der Waals surface area contributed by atoms with Crippen molar-refractivity contribution in [1.29, 1.82) is 0 Å². The summed E-state index contributed by atoms with van der Waals surface area (Å²) in [6.45, 7) is 3.65. The second-order valence-corrected chi connectivity index (χ2v) is 4.61. The third-order valence-electron chi connectivity index (χ3n) is 2.48. The molecule has 0 aliphatic carbocycles. The van der Waals surface area contributed by atoms with E-state index in [0.29, 0.717) is 6.42 Å². The Morgan fingerprint density at radius 2 is 2.06 bits per heavy atom. The van der Waals surface area contributed by atoms with Crippen LogP contribution in [0.2, 0.25) is 0 Å². The number of aliphatic hydroxyl groups excluding tert-OH is 1. The van der Waals surface area contributed by atoms with E-state index in [4.69, 9.17) is 5.11 Å². The van der Waals surface area contributed by atoms with Gasteiger partial charge in [-0.15, -0.1) is 0 Å². The van der Waals surface area contributed by atoms with E-state index in [1.54, 1.807) is 0 Å². The monoisotopic (exact) mass is 257 g/mol. The molecule has 1 aromatic carbocycles. The number of hydrogen-bond acceptors (Lipinski definition) is 2. The van der Waals surface area contributed by atoms with Gasteiger partial charge in [-0.1, -0.05) is 13.8 Å². The van der Waals surface area contributed by atoms with E-state index < -0.39 is 23.6 Å². The highest BCUT2D eigenvalue weighted by molar-refractivity contribution is 5.94. The Morgan fingerprint density at radius 3 is 2.61 bits per heavy atom. The van der Waals surface area contributed by atoms with Gasteiger partial charge in [-0.05, 0) is 30.5 Å². The molecular weight excluding hydrogens is 240 g/mol. The maximum Gasteiger partial charge on any atom is 0.254 e. The molecule has 0 bridgehead atoms. The minimum absolute atomic E-state index is 0.235. The van der Waals surface area contributed by atoms with Gasteiger partial charge in [0.15, 0.2) is 0 Å². The lowest BCUT2D eigenvalue weighted by molar-refractivity contribution is 0.0903. The topological polar surface area (TPSA) is 49.3 Å². The Morgan fingerprint density at radius 1 is 1.39 bits per heavy atom. The van der Waals surface area contributed by atoms with Crippen molar-refractivity contribution in [3.63, 3.8) is 0 Å². The third-order valence-corrected chi connectivity index (χ3v) is 2.48. The highest BCUT2D eigenvalue weighted by Crippen LogP contribution is 2.11. The molecule has 0 fully saturated rings. The van der Waals surface area contributed by atoms with Crippen molar-refractivity contribution in [3.05, 3.63) is 35.4 Å². The Balaban J connectivity index is 2.77. The number of carbonyl (C=O) groups is 1. The second-order valence-electron chi connectivity index (χ2n) is 4.61. The van der Waals surface area contributed by atoms with Crippen LogP contribution in [-0.4, -0.2) is 23.7 Å². The molecule has 0 heterocycles. The number of hydrogen-bond donors (Lipinski definition) is 2. The highest BCUT2D eigenvalue weighted by atomic mass is 19.1. The van der Waals surface area contributed by atoms with Gasteiger partial charge in [0.05, 0.1) is 18.2 Å². The van der Waals surface area contributed by atoms with Crippen molar-refractivity contribution >= 4 is 5.91 Å². The summed E-state index contributed by atoms with van der Waals surface area (Å²) in [6.07, 6.45) is 0.569. The van der Waals surface area contributed by atoms with Gasteiger partial charge >= 0.3 is 0 Å². The van der Waals surface area contributed by atoms with Gasteiger partial charge in [0.2, 0.25) is 0 Å². The summed E-state index contributed by atoms with van der Waals surface area (Å²) in [5.41, 5.74) is -0.350. The van der Waals surface area contributed by atoms with Crippen LogP contribution < -0.4 is 5.32 Å². The molecule has 0 radical (unpaired) electrons. The fraction of sp³-hybridized carbons (Fsp3) is 0.462. The second kappa shape index (κ2) is 6.44. The van der Waals surface area contributed by atoms with Gasteiger partial charge in [0, 0.05) is 0 Å². The van der Waals surface area contributed by atoms with Gasteiger partial charge in [-0.3, -0.25) is 4.79 Å². The normalized spacial score (nSPS) is 12.6. The summed E-state index contributed by atoms with van der Waals surface area (Å²) in [5, 5.41) is 11.6. The lowest BCUT2D eigenvalue weighted by Crippen LogP contribution is -2.38. The molecule has 0 aromatic heterocycles. The number of nitrogens with one attached hydrogen (secondary N) is 1. The molecule has 1 amide bonds. The molecule has 0 aliphatic heterocycles. The van der Waals surface area contributed by atoms with Crippen LogP contribution in [-0.2, 0) is 0 Å². The van der Waals surface area contributed by atoms with E-state index in [0.717, 1.165) is 18.2 Å². The number of rotatable bonds is 5. The molecule has 0 saturated carbocycles. The Bertz CT molecular complexity index is 421. The molecule has 100 valence electrons. The van der Waals surface area contributed by atoms with E-state index in [1.807, 2.05) is 13.8 Å². The lowest BCUT2D eigenvalue weighted by atomic mass is 10.0. The Hall–Kier alpha value is -1.49. The van der Waals surface area contributed by atoms with E-state index in [-0.39, 0.29) is 18.1 Å². The highest BCUT2D eigenvalue weighted by Gasteiger charge is 2.17. The quantitative estimate of drug-likeness (QED) is 0.848. The standard InChI is InChI=1S/C13H17F2NO2/c1-8(2)5-10(7-17)16-13(18)11-6-9(14)3-4-12(11)15/h3-4,6,8,10,17H,5,7H2,1-2H3,(H,16,18). The van der Waals surface area contributed by atoms with Gasteiger partial charge in [-0.2, -0.15) is 0 Å². The summed E-state index contributed by atoms with van der Waals surface area (Å²) in [7, 11) is 0. The molecule has 0 spiro atoms. The van der Waals surface area contributed by atoms with Crippen molar-refractivity contribution in [1.82, 2.24) is 5.32 Å². The predicted molar refractivity (Wildman–Crippen MR) is 64.2 cm³/mol. The van der Waals surface area contributed by atoms with E-state index >= 15 is 0 Å². The fourth-order valence-electron chi connectivity index (χ4n) is 1.68. The van der Waals surface area contributed by atoms with Crippen LogP contribution in [0.3, 0.4) is 0 Å². The van der Waals surface area contributed by atoms with E-state index in [1.165, 1.54) is 0 Å². The number of carbonyl (C=O) groups excluding carboxylic acids is 1. The smallest absolute Gasteiger partial charge is 0.254 e. The van der Waals surface area contributed by atoms with Crippen molar-refractivity contribution in [2.45, 2.75) is 26.3 Å². The van der Waals surface area contributed by atoms with Crippen LogP contribution in [0.4, 0.5) is 8.78 Å². The summed E-state index contributed by atoms with van der Waals surface area (Å²) in [4.78, 5) is 11.7. The first kappa shape index (κ1) is 14.6. The molecule has 5 heteroatoms. The third kappa shape index (κ3) is 4.07. The first-order chi connectivity index (χ1) is 8.43. The first-order valence-electron chi connectivity index (χ1n) is 5.80. The van der Waals surface area contributed by atoms with Crippen LogP contribution in [0.15, 0.2) is 18.2 Å². The average molecular weight is 257 g/mol. The van der Waals surface area contributed by atoms with Gasteiger partial charge in [-0.25, -0.2) is 8.78 Å². The fourth-order valence-corrected chi connectivity index (χ4v) is 1.68. The summed E-state index contributed by atoms with van der Waals surface area (Å²) < 4.78 is 26.3. The molecule has 3 nitrogen and oxygen atoms in total. The molecule has 2 N–H and O–H groups in total. The van der Waals surface area contributed by atoms with Crippen molar-refractivity contribution in [2.75, 3.05) is 6.61 Å². The minimum atomic E-state index is -0.782. The SMILES string of the molecule is CC(C)CC(CO)NC(=O)c1cc(F)ccc1F. The van der Waals surface area contributed by atoms with Crippen molar-refractivity contribution in [3.8, 4) is 0 Å². The van der Waals surface area contributed by atoms with Crippen LogP contribution in [0.25, 0.3) is 0 Å². The van der Waals surface area contributed by atoms with Gasteiger partial charge in [0.1, 0.15) is 11.6 Å². The minimum Gasteiger partial charge on any atom is -0.394 e. The Kier molecular flexibility index (Phi) is 5.22. The number of benzene rings is 1. The van der Waals surface area contributed by atoms with Crippen LogP contribution in [0, 0.1) is 17.6 Å². The number of aliphatic hydroxyl groups is 1. The average Bonchev–Trinajstić information content (AvgIpc) is 2.30. The molecule has 0 saturated heterocycles. The van der Waals surface area contributed by atoms with E-state index in [2.05, 4.69) is 5.32 Å². The zero-order valence-corrected chi connectivity index (χ0v) is 10.4. The summed E-state index contributed by atoms with van der Waals surface area (Å²) in [5.74, 6) is -1.90. The Labute approximate surface area is 105 Å². The molecular formula is C13H17F2NO2. The maximum absolute atomic E-state index is 13.3. The largest absolute Gasteiger partial charge is 0.394 e. The van der Waals surface area contributed by atoms with Crippen LogP contribution in [0.1, 0.15) is 30.6 Å². The maximum atomic E-state index is 13.3. The predicted octanol–water partition coefficient (Wildman–Crippen LogP) is 2.10. The molecule has 1 rings (SSSR count). The molecule has 0 aliphatic rings. The first-order valence-corrected chi connectivity index (χ1v) is 5.80. The van der Waals surface area contributed by atoms with Gasteiger partial charge < -0.3 is 10.4 Å². The van der Waals surface area contributed by atoms with Crippen LogP contribution in [0.5, 0.6) is 0 Å². The molecule has 1 atom stereocenters. The number of amides is 1. The molecule has 1 aromatic rings.